The van der Waals surface area contributed by atoms with Gasteiger partial charge in [0.05, 0.1) is 22.7 Å². The number of rotatable bonds is 6. The average molecular weight is 577 g/mol. The number of ether oxygens (including phenoxy) is 1. The Hall–Kier alpha value is -4.13. The minimum absolute atomic E-state index is 0.0822. The Balaban J connectivity index is 1.32. The summed E-state index contributed by atoms with van der Waals surface area (Å²) in [5, 5.41) is 14.4. The fourth-order valence-corrected chi connectivity index (χ4v) is 7.14. The molecule has 4 heterocycles. The number of aryl methyl sites for hydroxylation is 1. The number of piperidine rings is 1. The molecule has 11 nitrogen and oxygen atoms in total. The number of nitrogens with zero attached hydrogens (tertiary/aromatic N) is 5. The van der Waals surface area contributed by atoms with Gasteiger partial charge in [-0.2, -0.15) is 0 Å². The Kier molecular flexibility index (Phi) is 7.28. The van der Waals surface area contributed by atoms with Crippen LogP contribution in [0.15, 0.2) is 60.9 Å². The average Bonchev–Trinajstić information content (AvgIpc) is 3.33. The molecule has 2 aromatic heterocycles. The van der Waals surface area contributed by atoms with Gasteiger partial charge in [-0.25, -0.2) is 19.7 Å². The molecule has 2 aromatic carbocycles. The van der Waals surface area contributed by atoms with Crippen molar-refractivity contribution in [1.29, 1.82) is 0 Å². The van der Waals surface area contributed by atoms with Crippen LogP contribution in [0.1, 0.15) is 24.8 Å². The van der Waals surface area contributed by atoms with Gasteiger partial charge in [0.1, 0.15) is 5.75 Å². The molecule has 0 aliphatic carbocycles. The van der Waals surface area contributed by atoms with Crippen molar-refractivity contribution >= 4 is 39.3 Å². The summed E-state index contributed by atoms with van der Waals surface area (Å²) < 4.78 is 29.5. The zero-order chi connectivity index (χ0) is 28.6. The Morgan fingerprint density at radius 3 is 2.71 bits per heavy atom. The Labute approximate surface area is 239 Å². The van der Waals surface area contributed by atoms with E-state index in [2.05, 4.69) is 15.3 Å². The van der Waals surface area contributed by atoms with Crippen LogP contribution in [0.5, 0.6) is 11.6 Å². The lowest BCUT2D eigenvalue weighted by Gasteiger charge is -2.38. The van der Waals surface area contributed by atoms with Gasteiger partial charge in [0.25, 0.3) is 0 Å². The lowest BCUT2D eigenvalue weighted by molar-refractivity contribution is 0.132. The second kappa shape index (κ2) is 11.0. The predicted octanol–water partition coefficient (Wildman–Crippen LogP) is 6.22. The van der Waals surface area contributed by atoms with Gasteiger partial charge in [-0.3, -0.25) is 13.4 Å². The Morgan fingerprint density at radius 2 is 1.90 bits per heavy atom. The molecule has 2 aliphatic heterocycles. The first-order valence-electron chi connectivity index (χ1n) is 13.6. The van der Waals surface area contributed by atoms with E-state index in [-0.39, 0.29) is 6.04 Å². The van der Waals surface area contributed by atoms with Crippen molar-refractivity contribution in [3.8, 4) is 22.9 Å². The highest BCUT2D eigenvalue weighted by molar-refractivity contribution is 8.25. The third kappa shape index (κ3) is 5.45. The molecule has 1 unspecified atom stereocenters. The molecule has 0 saturated carbocycles. The van der Waals surface area contributed by atoms with Gasteiger partial charge in [0.2, 0.25) is 11.8 Å². The van der Waals surface area contributed by atoms with Crippen molar-refractivity contribution in [2.45, 2.75) is 32.2 Å². The van der Waals surface area contributed by atoms with E-state index < -0.39 is 16.9 Å². The molecule has 2 aliphatic rings. The summed E-state index contributed by atoms with van der Waals surface area (Å²) in [5.74, 6) is 1.77. The molecule has 0 bridgehead atoms. The number of aromatic nitrogens is 3. The van der Waals surface area contributed by atoms with Crippen LogP contribution in [0.2, 0.25) is 0 Å². The van der Waals surface area contributed by atoms with Crippen molar-refractivity contribution in [3.63, 3.8) is 0 Å². The molecule has 1 atom stereocenters. The van der Waals surface area contributed by atoms with E-state index in [0.29, 0.717) is 54.2 Å². The molecule has 2 fully saturated rings. The van der Waals surface area contributed by atoms with Gasteiger partial charge >= 0.3 is 6.09 Å². The van der Waals surface area contributed by atoms with Crippen LogP contribution in [0.3, 0.4) is 0 Å². The number of carboxylic acid groups (broad SMARTS) is 1. The molecule has 6 rings (SSSR count). The van der Waals surface area contributed by atoms with Gasteiger partial charge in [-0.15, -0.1) is 10.8 Å². The number of benzene rings is 2. The molecule has 0 radical (unpaired) electrons. The number of carbonyl (C=O) groups is 1. The first kappa shape index (κ1) is 27.1. The van der Waals surface area contributed by atoms with Crippen LogP contribution < -0.4 is 14.4 Å². The number of hydrogen-bond acceptors (Lipinski definition) is 9. The summed E-state index contributed by atoms with van der Waals surface area (Å²) in [6, 6.07) is 15.1. The quantitative estimate of drug-likeness (QED) is 0.209. The van der Waals surface area contributed by atoms with Crippen LogP contribution in [0.25, 0.3) is 22.0 Å². The summed E-state index contributed by atoms with van der Waals surface area (Å²) in [4.78, 5) is 26.4. The normalized spacial score (nSPS) is 19.2. The summed E-state index contributed by atoms with van der Waals surface area (Å²) in [6.45, 7) is 3.44. The molecular weight excluding hydrogens is 544 g/mol. The van der Waals surface area contributed by atoms with Crippen LogP contribution >= 0.6 is 10.8 Å². The smallest absolute Gasteiger partial charge is 0.407 e. The maximum absolute atomic E-state index is 11.4. The highest BCUT2D eigenvalue weighted by Crippen LogP contribution is 2.53. The molecule has 12 heteroatoms. The molecule has 4 N–H and O–H groups in total. The van der Waals surface area contributed by atoms with Gasteiger partial charge < -0.3 is 20.1 Å². The molecule has 2 saturated heterocycles. The third-order valence-electron chi connectivity index (χ3n) is 7.51. The van der Waals surface area contributed by atoms with Crippen LogP contribution in [0, 0.1) is 6.92 Å². The highest BCUT2D eigenvalue weighted by atomic mass is 32.3. The number of fused-ring (bicyclic) bond motifs is 1. The van der Waals surface area contributed by atoms with Crippen molar-refractivity contribution in [1.82, 2.24) is 19.9 Å². The fraction of sp³-hybridized carbons (Fsp3) is 0.310. The molecular formula is C29H32N6O5S. The third-order valence-corrected chi connectivity index (χ3v) is 9.44. The number of amides is 1. The fourth-order valence-electron chi connectivity index (χ4n) is 5.51. The highest BCUT2D eigenvalue weighted by Gasteiger charge is 2.30. The Bertz CT molecular complexity index is 1600. The molecule has 1 amide bonds. The summed E-state index contributed by atoms with van der Waals surface area (Å²) in [6.07, 6.45) is 4.71. The molecule has 4 aromatic rings. The Morgan fingerprint density at radius 1 is 1.02 bits per heavy atom. The number of nitrogens with one attached hydrogen (secondary N) is 1. The SMILES string of the molecule is Cc1ccc2c(N3CCCS3(O)O)cccc2c1Oc1ncccc1-c1ccnc(NC2CCCN(C(=O)O)C2)n1. The molecule has 214 valence electrons. The molecule has 41 heavy (non-hydrogen) atoms. The van der Waals surface area contributed by atoms with Gasteiger partial charge in [0, 0.05) is 48.8 Å². The van der Waals surface area contributed by atoms with Crippen molar-refractivity contribution < 1.29 is 23.7 Å². The van der Waals surface area contributed by atoms with E-state index in [4.69, 9.17) is 9.72 Å². The maximum atomic E-state index is 11.4. The van der Waals surface area contributed by atoms with E-state index in [1.807, 2.05) is 49.4 Å². The number of hydrogen-bond donors (Lipinski definition) is 4. The number of likely N-dealkylation sites (tertiary alicyclic amines) is 1. The summed E-state index contributed by atoms with van der Waals surface area (Å²) in [7, 11) is -2.85. The largest absolute Gasteiger partial charge is 0.465 e. The van der Waals surface area contributed by atoms with E-state index in [1.165, 1.54) is 4.90 Å². The van der Waals surface area contributed by atoms with E-state index in [0.717, 1.165) is 41.3 Å². The zero-order valence-corrected chi connectivity index (χ0v) is 23.4. The van der Waals surface area contributed by atoms with Crippen LogP contribution in [-0.2, 0) is 0 Å². The first-order chi connectivity index (χ1) is 19.8. The van der Waals surface area contributed by atoms with E-state index in [1.54, 1.807) is 22.8 Å². The first-order valence-corrected chi connectivity index (χ1v) is 15.2. The molecule has 0 spiro atoms. The lowest BCUT2D eigenvalue weighted by atomic mass is 10.0. The van der Waals surface area contributed by atoms with E-state index in [9.17, 15) is 19.0 Å². The zero-order valence-electron chi connectivity index (χ0n) is 22.6. The topological polar surface area (TPSA) is 144 Å². The lowest BCUT2D eigenvalue weighted by Crippen LogP contribution is -2.44. The van der Waals surface area contributed by atoms with Crippen LogP contribution in [-0.4, -0.2) is 71.6 Å². The standard InChI is InChI=1S/C29H32N6O5S/c1-19-10-11-21-22(7-2-9-25(21)35-16-5-17-41(35,38)39)26(19)40-27-23(8-3-13-30-27)24-12-14-31-28(33-24)32-20-6-4-15-34(18-20)29(36)37/h2-3,7-14,20,38-39H,4-6,15-18H2,1H3,(H,36,37)(H,31,32,33). The summed E-state index contributed by atoms with van der Waals surface area (Å²) >= 11 is 0. The second-order valence-corrected chi connectivity index (χ2v) is 12.4. The maximum Gasteiger partial charge on any atom is 0.407 e. The van der Waals surface area contributed by atoms with Gasteiger partial charge in [-0.1, -0.05) is 24.3 Å². The number of anilines is 2. The van der Waals surface area contributed by atoms with Gasteiger partial charge in [0.15, 0.2) is 0 Å². The predicted molar refractivity (Wildman–Crippen MR) is 160 cm³/mol. The van der Waals surface area contributed by atoms with Crippen LogP contribution in [0.4, 0.5) is 16.4 Å². The van der Waals surface area contributed by atoms with Crippen molar-refractivity contribution in [2.75, 3.05) is 35.0 Å². The van der Waals surface area contributed by atoms with Crippen molar-refractivity contribution in [2.24, 2.45) is 0 Å². The minimum atomic E-state index is -2.85. The number of pyridine rings is 1. The monoisotopic (exact) mass is 576 g/mol. The summed E-state index contributed by atoms with van der Waals surface area (Å²) in [5.41, 5.74) is 2.96. The van der Waals surface area contributed by atoms with E-state index >= 15 is 0 Å². The second-order valence-electron chi connectivity index (χ2n) is 10.3. The van der Waals surface area contributed by atoms with Gasteiger partial charge in [-0.05, 0) is 56.0 Å². The minimum Gasteiger partial charge on any atom is -0.465 e. The van der Waals surface area contributed by atoms with Crippen molar-refractivity contribution in [3.05, 3.63) is 66.5 Å².